The predicted molar refractivity (Wildman–Crippen MR) is 105 cm³/mol. The molecule has 0 bridgehead atoms. The highest BCUT2D eigenvalue weighted by Gasteiger charge is 2.60. The average molecular weight is 453 g/mol. The number of nitrogens with two attached hydrogens (primary N) is 1. The number of carbonyl (C=O) groups is 1. The monoisotopic (exact) mass is 453 g/mol. The van der Waals surface area contributed by atoms with Crippen LogP contribution in [0.1, 0.15) is 28.9 Å². The number of benzene rings is 1. The van der Waals surface area contributed by atoms with Crippen molar-refractivity contribution in [3.63, 3.8) is 0 Å². The van der Waals surface area contributed by atoms with E-state index >= 15 is 0 Å². The van der Waals surface area contributed by atoms with E-state index < -0.39 is 60.7 Å². The van der Waals surface area contributed by atoms with Gasteiger partial charge in [0.05, 0.1) is 19.5 Å². The van der Waals surface area contributed by atoms with Crippen LogP contribution in [-0.4, -0.2) is 47.7 Å². The molecule has 1 amide bonds. The summed E-state index contributed by atoms with van der Waals surface area (Å²) >= 11 is 0. The molecule has 3 N–H and O–H groups in total. The van der Waals surface area contributed by atoms with E-state index in [1.165, 1.54) is 25.6 Å². The molecule has 1 aliphatic carbocycles. The third-order valence-corrected chi connectivity index (χ3v) is 5.63. The molecule has 12 heteroatoms. The lowest BCUT2D eigenvalue weighted by Crippen LogP contribution is -2.48. The number of fused-ring (bicyclic) bond motifs is 1. The third-order valence-electron chi connectivity index (χ3n) is 5.63. The number of amides is 1. The average Bonchev–Trinajstić information content (AvgIpc) is 3.08. The summed E-state index contributed by atoms with van der Waals surface area (Å²) in [7, 11) is 1.39. The number of aliphatic imine (C=N–C) groups is 1. The summed E-state index contributed by atoms with van der Waals surface area (Å²) in [6, 6.07) is 2.89. The van der Waals surface area contributed by atoms with E-state index in [4.69, 9.17) is 15.2 Å². The van der Waals surface area contributed by atoms with Crippen molar-refractivity contribution in [2.45, 2.75) is 30.4 Å². The molecule has 1 aliphatic heterocycles. The molecule has 4 rings (SSSR count). The van der Waals surface area contributed by atoms with E-state index in [-0.39, 0.29) is 22.8 Å². The van der Waals surface area contributed by atoms with E-state index in [9.17, 15) is 22.4 Å². The van der Waals surface area contributed by atoms with Crippen molar-refractivity contribution >= 4 is 17.6 Å². The minimum atomic E-state index is -3.13. The summed E-state index contributed by atoms with van der Waals surface area (Å²) in [6.07, 6.45) is -0.121. The van der Waals surface area contributed by atoms with Crippen molar-refractivity contribution in [2.24, 2.45) is 16.6 Å². The number of halogens is 4. The Morgan fingerprint density at radius 3 is 2.75 bits per heavy atom. The molecular weight excluding hydrogens is 434 g/mol. The highest BCUT2D eigenvalue weighted by Crippen LogP contribution is 2.53. The quantitative estimate of drug-likeness (QED) is 0.674. The predicted octanol–water partition coefficient (Wildman–Crippen LogP) is 2.80. The number of ether oxygens (including phenoxy) is 2. The van der Waals surface area contributed by atoms with Crippen LogP contribution in [0.15, 0.2) is 35.6 Å². The van der Waals surface area contributed by atoms with Gasteiger partial charge in [0.2, 0.25) is 5.88 Å². The smallest absolute Gasteiger partial charge is 0.283 e. The normalized spacial score (nSPS) is 26.0. The fourth-order valence-electron chi connectivity index (χ4n) is 4.16. The minimum Gasteiger partial charge on any atom is -0.480 e. The first kappa shape index (κ1) is 21.8. The molecule has 0 spiro atoms. The van der Waals surface area contributed by atoms with E-state index in [0.29, 0.717) is 0 Å². The van der Waals surface area contributed by atoms with Gasteiger partial charge in [0.25, 0.3) is 17.9 Å². The van der Waals surface area contributed by atoms with Gasteiger partial charge in [0.15, 0.2) is 0 Å². The van der Waals surface area contributed by atoms with Crippen molar-refractivity contribution < 1.29 is 31.8 Å². The number of carbonyl (C=O) groups excluding carboxylic acids is 1. The van der Waals surface area contributed by atoms with Gasteiger partial charge < -0.3 is 20.5 Å². The Labute approximate surface area is 179 Å². The van der Waals surface area contributed by atoms with Gasteiger partial charge in [0.1, 0.15) is 29.8 Å². The van der Waals surface area contributed by atoms with Crippen molar-refractivity contribution in [1.29, 1.82) is 0 Å². The van der Waals surface area contributed by atoms with Gasteiger partial charge in [-0.3, -0.25) is 4.79 Å². The number of methoxy groups -OCH3 is 1. The molecule has 1 aromatic carbocycles. The second-order valence-corrected chi connectivity index (χ2v) is 7.63. The van der Waals surface area contributed by atoms with E-state index in [2.05, 4.69) is 20.3 Å². The van der Waals surface area contributed by atoms with Crippen LogP contribution < -0.4 is 15.8 Å². The highest BCUT2D eigenvalue weighted by atomic mass is 19.3. The molecule has 0 saturated heterocycles. The molecule has 3 atom stereocenters. The Kier molecular flexibility index (Phi) is 5.39. The number of alkyl halides is 3. The van der Waals surface area contributed by atoms with E-state index in [1.807, 2.05) is 0 Å². The molecule has 1 saturated carbocycles. The number of rotatable bonds is 5. The van der Waals surface area contributed by atoms with Crippen LogP contribution in [0, 0.1) is 11.7 Å². The number of amidine groups is 1. The molecule has 0 unspecified atom stereocenters. The largest absolute Gasteiger partial charge is 0.480 e. The summed E-state index contributed by atoms with van der Waals surface area (Å²) in [6.45, 7) is -1.29. The number of nitrogens with zero attached hydrogens (tertiary/aromatic N) is 3. The fourth-order valence-corrected chi connectivity index (χ4v) is 4.16. The number of anilines is 1. The lowest BCUT2D eigenvalue weighted by Gasteiger charge is -2.40. The third kappa shape index (κ3) is 3.80. The Hall–Kier alpha value is -3.44. The van der Waals surface area contributed by atoms with Crippen LogP contribution in [-0.2, 0) is 10.3 Å². The van der Waals surface area contributed by atoms with E-state index in [0.717, 1.165) is 12.1 Å². The summed E-state index contributed by atoms with van der Waals surface area (Å²) in [5.41, 5.74) is 3.34. The van der Waals surface area contributed by atoms with Crippen LogP contribution in [0.2, 0.25) is 0 Å². The first-order valence-electron chi connectivity index (χ1n) is 9.60. The number of nitrogens with one attached hydrogen (secondary N) is 1. The van der Waals surface area contributed by atoms with Crippen molar-refractivity contribution in [3.8, 4) is 5.88 Å². The van der Waals surface area contributed by atoms with Gasteiger partial charge in [-0.1, -0.05) is 0 Å². The minimum absolute atomic E-state index is 0.0549. The molecule has 1 aromatic heterocycles. The van der Waals surface area contributed by atoms with Gasteiger partial charge in [-0.2, -0.15) is 0 Å². The molecule has 170 valence electrons. The molecular formula is C20H19F4N5O3. The number of aromatic nitrogens is 2. The van der Waals surface area contributed by atoms with Crippen molar-refractivity contribution in [1.82, 2.24) is 9.97 Å². The Morgan fingerprint density at radius 2 is 2.09 bits per heavy atom. The van der Waals surface area contributed by atoms with Gasteiger partial charge in [-0.15, -0.1) is 0 Å². The zero-order chi connectivity index (χ0) is 23.1. The Balaban J connectivity index is 1.69. The zero-order valence-electron chi connectivity index (χ0n) is 16.8. The lowest BCUT2D eigenvalue weighted by molar-refractivity contribution is -0.00299. The highest BCUT2D eigenvalue weighted by molar-refractivity contribution is 6.02. The van der Waals surface area contributed by atoms with Crippen molar-refractivity contribution in [2.75, 3.05) is 19.1 Å². The summed E-state index contributed by atoms with van der Waals surface area (Å²) in [4.78, 5) is 24.2. The van der Waals surface area contributed by atoms with Crippen LogP contribution in [0.5, 0.6) is 5.88 Å². The zero-order valence-corrected chi connectivity index (χ0v) is 16.8. The van der Waals surface area contributed by atoms with Gasteiger partial charge in [0, 0.05) is 30.0 Å². The topological polar surface area (TPSA) is 112 Å². The maximum atomic E-state index is 14.9. The van der Waals surface area contributed by atoms with Crippen molar-refractivity contribution in [3.05, 3.63) is 47.7 Å². The van der Waals surface area contributed by atoms with Gasteiger partial charge in [-0.05, 0) is 18.2 Å². The second-order valence-electron chi connectivity index (χ2n) is 7.63. The number of hydrogen-bond donors (Lipinski definition) is 2. The first-order valence-corrected chi connectivity index (χ1v) is 9.60. The molecule has 1 fully saturated rings. The maximum absolute atomic E-state index is 14.9. The van der Waals surface area contributed by atoms with Crippen LogP contribution in [0.4, 0.5) is 23.2 Å². The molecule has 2 heterocycles. The van der Waals surface area contributed by atoms with E-state index in [1.54, 1.807) is 0 Å². The van der Waals surface area contributed by atoms with Gasteiger partial charge in [-0.25, -0.2) is 32.5 Å². The molecule has 32 heavy (non-hydrogen) atoms. The Bertz CT molecular complexity index is 1070. The molecule has 0 radical (unpaired) electrons. The SMILES string of the molecule is COc1cnc(C(=O)Nc2ccc(F)c([C@@]3(CF)N=C(N)O[C@@H]4CC(F)(F)C[C@@H]43)c2)cn1. The summed E-state index contributed by atoms with van der Waals surface area (Å²) < 4.78 is 67.6. The first-order chi connectivity index (χ1) is 15.2. The molecule has 2 aliphatic rings. The fraction of sp³-hybridized carbons (Fsp3) is 0.400. The Morgan fingerprint density at radius 1 is 1.31 bits per heavy atom. The molecule has 2 aromatic rings. The van der Waals surface area contributed by atoms with Gasteiger partial charge >= 0.3 is 0 Å². The maximum Gasteiger partial charge on any atom is 0.283 e. The summed E-state index contributed by atoms with van der Waals surface area (Å²) in [5, 5.41) is 2.50. The molecule has 8 nitrogen and oxygen atoms in total. The summed E-state index contributed by atoms with van der Waals surface area (Å²) in [5.74, 6) is -5.63. The van der Waals surface area contributed by atoms with Crippen LogP contribution in [0.25, 0.3) is 0 Å². The van der Waals surface area contributed by atoms with Crippen LogP contribution in [0.3, 0.4) is 0 Å². The lowest BCUT2D eigenvalue weighted by atomic mass is 9.76. The standard InChI is InChI=1S/C20H19F4N5O3/c1-31-16-8-26-14(7-27-16)17(30)28-10-2-3-13(22)11(4-10)20(9-21)12-5-19(23,24)6-15(12)32-18(25)29-20/h2-4,7-8,12,15H,5-6,9H2,1H3,(H2,25,29)(H,28,30)/t12-,15+,20+/m0/s1. The number of hydrogen-bond acceptors (Lipinski definition) is 7. The van der Waals surface area contributed by atoms with Crippen LogP contribution >= 0.6 is 0 Å². The second kappa shape index (κ2) is 7.92.